The van der Waals surface area contributed by atoms with Gasteiger partial charge in [0.25, 0.3) is 5.91 Å². The highest BCUT2D eigenvalue weighted by Crippen LogP contribution is 2.30. The van der Waals surface area contributed by atoms with E-state index in [2.05, 4.69) is 21.7 Å². The predicted octanol–water partition coefficient (Wildman–Crippen LogP) is 2.48. The molecule has 0 bridgehead atoms. The number of rotatable bonds is 3. The molecule has 2 fully saturated rings. The molecule has 0 spiro atoms. The molecular formula is C17H25N3O. The van der Waals surface area contributed by atoms with Crippen molar-refractivity contribution in [3.05, 3.63) is 29.6 Å². The lowest BCUT2D eigenvalue weighted by Gasteiger charge is -2.34. The Labute approximate surface area is 127 Å². The highest BCUT2D eigenvalue weighted by Gasteiger charge is 2.39. The van der Waals surface area contributed by atoms with Crippen LogP contribution in [0.25, 0.3) is 0 Å². The van der Waals surface area contributed by atoms with Crippen molar-refractivity contribution in [2.75, 3.05) is 19.6 Å². The van der Waals surface area contributed by atoms with E-state index in [1.54, 1.807) is 6.20 Å². The van der Waals surface area contributed by atoms with Gasteiger partial charge >= 0.3 is 0 Å². The van der Waals surface area contributed by atoms with Crippen molar-refractivity contribution in [3.63, 3.8) is 0 Å². The van der Waals surface area contributed by atoms with Crippen molar-refractivity contribution < 1.29 is 4.79 Å². The van der Waals surface area contributed by atoms with Gasteiger partial charge in [-0.15, -0.1) is 0 Å². The van der Waals surface area contributed by atoms with E-state index < -0.39 is 0 Å². The maximum Gasteiger partial charge on any atom is 0.255 e. The second-order valence-electron chi connectivity index (χ2n) is 6.23. The summed E-state index contributed by atoms with van der Waals surface area (Å²) in [6, 6.07) is 4.78. The third-order valence-corrected chi connectivity index (χ3v) is 4.98. The van der Waals surface area contributed by atoms with Crippen LogP contribution in [0, 0.1) is 6.92 Å². The molecule has 4 nitrogen and oxygen atoms in total. The van der Waals surface area contributed by atoms with Gasteiger partial charge in [-0.25, -0.2) is 0 Å². The number of pyridine rings is 1. The van der Waals surface area contributed by atoms with Crippen LogP contribution in [-0.4, -0.2) is 52.4 Å². The molecule has 0 saturated carbocycles. The fourth-order valence-corrected chi connectivity index (χ4v) is 3.89. The molecule has 3 heterocycles. The average molecular weight is 287 g/mol. The van der Waals surface area contributed by atoms with E-state index in [-0.39, 0.29) is 5.91 Å². The molecule has 21 heavy (non-hydrogen) atoms. The van der Waals surface area contributed by atoms with Gasteiger partial charge in [-0.2, -0.15) is 0 Å². The van der Waals surface area contributed by atoms with Gasteiger partial charge in [-0.05, 0) is 57.8 Å². The summed E-state index contributed by atoms with van der Waals surface area (Å²) in [7, 11) is 0. The number of hydrogen-bond donors (Lipinski definition) is 0. The van der Waals surface area contributed by atoms with Gasteiger partial charge < -0.3 is 4.90 Å². The largest absolute Gasteiger partial charge is 0.334 e. The fourth-order valence-electron chi connectivity index (χ4n) is 3.89. The first-order valence-electron chi connectivity index (χ1n) is 8.18. The van der Waals surface area contributed by atoms with Crippen LogP contribution in [0.1, 0.15) is 48.7 Å². The van der Waals surface area contributed by atoms with Crippen molar-refractivity contribution in [2.24, 2.45) is 0 Å². The zero-order chi connectivity index (χ0) is 14.8. The standard InChI is InChI=1S/C17H25N3O/c1-3-19-10-4-6-15(19)16-7-5-11-20(16)17(21)14-9-8-13(2)18-12-14/h8-9,12,15-16H,3-7,10-11H2,1-2H3/t15-,16-/m0/s1. The van der Waals surface area contributed by atoms with Gasteiger partial charge in [-0.3, -0.25) is 14.7 Å². The predicted molar refractivity (Wildman–Crippen MR) is 83.3 cm³/mol. The molecule has 1 aromatic rings. The van der Waals surface area contributed by atoms with Gasteiger partial charge in [0, 0.05) is 30.5 Å². The minimum atomic E-state index is 0.160. The van der Waals surface area contributed by atoms with E-state index in [1.165, 1.54) is 19.4 Å². The Morgan fingerprint density at radius 1 is 1.24 bits per heavy atom. The van der Waals surface area contributed by atoms with Gasteiger partial charge in [-0.1, -0.05) is 6.92 Å². The zero-order valence-electron chi connectivity index (χ0n) is 13.1. The van der Waals surface area contributed by atoms with E-state index in [0.29, 0.717) is 12.1 Å². The Morgan fingerprint density at radius 3 is 2.71 bits per heavy atom. The minimum Gasteiger partial charge on any atom is -0.334 e. The Bertz CT molecular complexity index is 499. The molecule has 0 N–H and O–H groups in total. The van der Waals surface area contributed by atoms with E-state index in [9.17, 15) is 4.79 Å². The van der Waals surface area contributed by atoms with Crippen LogP contribution in [0.4, 0.5) is 0 Å². The molecule has 0 aliphatic carbocycles. The summed E-state index contributed by atoms with van der Waals surface area (Å²) in [4.78, 5) is 21.7. The van der Waals surface area contributed by atoms with E-state index in [1.807, 2.05) is 19.1 Å². The molecule has 1 aromatic heterocycles. The van der Waals surface area contributed by atoms with Crippen molar-refractivity contribution >= 4 is 5.91 Å². The molecule has 0 aromatic carbocycles. The SMILES string of the molecule is CCN1CCC[C@H]1[C@@H]1CCCN1C(=O)c1ccc(C)nc1. The first kappa shape index (κ1) is 14.5. The smallest absolute Gasteiger partial charge is 0.255 e. The van der Waals surface area contributed by atoms with Gasteiger partial charge in [0.2, 0.25) is 0 Å². The van der Waals surface area contributed by atoms with Crippen LogP contribution < -0.4 is 0 Å². The number of aryl methyl sites for hydroxylation is 1. The molecule has 114 valence electrons. The molecule has 1 amide bonds. The summed E-state index contributed by atoms with van der Waals surface area (Å²) in [5.41, 5.74) is 1.69. The number of amides is 1. The lowest BCUT2D eigenvalue weighted by atomic mass is 10.0. The van der Waals surface area contributed by atoms with E-state index in [4.69, 9.17) is 0 Å². The molecule has 3 rings (SSSR count). The third-order valence-electron chi connectivity index (χ3n) is 4.98. The summed E-state index contributed by atoms with van der Waals surface area (Å²) in [5, 5.41) is 0. The maximum atomic E-state index is 12.8. The number of likely N-dealkylation sites (tertiary alicyclic amines) is 2. The van der Waals surface area contributed by atoms with Crippen LogP contribution in [0.15, 0.2) is 18.3 Å². The van der Waals surface area contributed by atoms with Crippen molar-refractivity contribution in [1.82, 2.24) is 14.8 Å². The second kappa shape index (κ2) is 6.14. The van der Waals surface area contributed by atoms with Crippen LogP contribution in [-0.2, 0) is 0 Å². The van der Waals surface area contributed by atoms with Crippen LogP contribution in [0.3, 0.4) is 0 Å². The number of hydrogen-bond acceptors (Lipinski definition) is 3. The van der Waals surface area contributed by atoms with Gasteiger partial charge in [0.05, 0.1) is 5.56 Å². The first-order chi connectivity index (χ1) is 10.2. The van der Waals surface area contributed by atoms with Crippen LogP contribution >= 0.6 is 0 Å². The first-order valence-corrected chi connectivity index (χ1v) is 8.18. The zero-order valence-corrected chi connectivity index (χ0v) is 13.1. The third kappa shape index (κ3) is 2.82. The highest BCUT2D eigenvalue weighted by atomic mass is 16.2. The maximum absolute atomic E-state index is 12.8. The van der Waals surface area contributed by atoms with Crippen LogP contribution in [0.2, 0.25) is 0 Å². The molecular weight excluding hydrogens is 262 g/mol. The number of aromatic nitrogens is 1. The number of carbonyl (C=O) groups excluding carboxylic acids is 1. The molecule has 0 radical (unpaired) electrons. The van der Waals surface area contributed by atoms with Crippen molar-refractivity contribution in [1.29, 1.82) is 0 Å². The molecule has 2 aliphatic heterocycles. The van der Waals surface area contributed by atoms with Crippen LogP contribution in [0.5, 0.6) is 0 Å². The summed E-state index contributed by atoms with van der Waals surface area (Å²) in [5.74, 6) is 0.160. The van der Waals surface area contributed by atoms with Gasteiger partial charge in [0.15, 0.2) is 0 Å². The van der Waals surface area contributed by atoms with Crippen molar-refractivity contribution in [3.8, 4) is 0 Å². The second-order valence-corrected chi connectivity index (χ2v) is 6.23. The Kier molecular flexibility index (Phi) is 4.24. The molecule has 2 atom stereocenters. The summed E-state index contributed by atoms with van der Waals surface area (Å²) in [6.07, 6.45) is 6.49. The lowest BCUT2D eigenvalue weighted by Crippen LogP contribution is -2.48. The topological polar surface area (TPSA) is 36.4 Å². The van der Waals surface area contributed by atoms with Gasteiger partial charge in [0.1, 0.15) is 0 Å². The minimum absolute atomic E-state index is 0.160. The number of likely N-dealkylation sites (N-methyl/N-ethyl adjacent to an activating group) is 1. The Hall–Kier alpha value is -1.42. The summed E-state index contributed by atoms with van der Waals surface area (Å²) < 4.78 is 0. The Balaban J connectivity index is 1.77. The lowest BCUT2D eigenvalue weighted by molar-refractivity contribution is 0.0649. The quantitative estimate of drug-likeness (QED) is 0.857. The number of nitrogens with zero attached hydrogens (tertiary/aromatic N) is 3. The Morgan fingerprint density at radius 2 is 2.00 bits per heavy atom. The normalized spacial score (nSPS) is 26.5. The summed E-state index contributed by atoms with van der Waals surface area (Å²) >= 11 is 0. The number of carbonyl (C=O) groups is 1. The molecule has 2 aliphatic rings. The highest BCUT2D eigenvalue weighted by molar-refractivity contribution is 5.94. The molecule has 0 unspecified atom stereocenters. The fraction of sp³-hybridized carbons (Fsp3) is 0.647. The molecule has 2 saturated heterocycles. The summed E-state index contributed by atoms with van der Waals surface area (Å²) in [6.45, 7) is 7.35. The molecule has 4 heteroatoms. The van der Waals surface area contributed by atoms with E-state index >= 15 is 0 Å². The van der Waals surface area contributed by atoms with Crippen molar-refractivity contribution in [2.45, 2.75) is 51.6 Å². The van der Waals surface area contributed by atoms with E-state index in [0.717, 1.165) is 37.2 Å². The monoisotopic (exact) mass is 287 g/mol. The average Bonchev–Trinajstić information content (AvgIpc) is 3.15.